The molecule has 0 radical (unpaired) electrons. The predicted octanol–water partition coefficient (Wildman–Crippen LogP) is 3.39. The number of thiazole rings is 1. The second-order valence-electron chi connectivity index (χ2n) is 5.10. The van der Waals surface area contributed by atoms with E-state index < -0.39 is 15.7 Å². The molecule has 0 saturated carbocycles. The van der Waals surface area contributed by atoms with Crippen LogP contribution in [-0.2, 0) is 9.84 Å². The van der Waals surface area contributed by atoms with Crippen LogP contribution in [0, 0.1) is 0 Å². The number of hydrogen-bond donors (Lipinski definition) is 1. The van der Waals surface area contributed by atoms with E-state index >= 15 is 0 Å². The zero-order chi connectivity index (χ0) is 18.6. The van der Waals surface area contributed by atoms with Crippen molar-refractivity contribution in [3.8, 4) is 0 Å². The van der Waals surface area contributed by atoms with E-state index in [1.165, 1.54) is 53.9 Å². The highest BCUT2D eigenvalue weighted by atomic mass is 35.5. The van der Waals surface area contributed by atoms with E-state index in [-0.39, 0.29) is 15.5 Å². The summed E-state index contributed by atoms with van der Waals surface area (Å²) in [6.45, 7) is 0. The third kappa shape index (κ3) is 4.16. The third-order valence-electron chi connectivity index (χ3n) is 3.36. The molecule has 1 heterocycles. The van der Waals surface area contributed by atoms with Gasteiger partial charge in [-0.25, -0.2) is 18.8 Å². The van der Waals surface area contributed by atoms with E-state index in [1.54, 1.807) is 23.0 Å². The van der Waals surface area contributed by atoms with E-state index in [0.717, 1.165) is 0 Å². The smallest absolute Gasteiger partial charge is 0.266 e. The summed E-state index contributed by atoms with van der Waals surface area (Å²) >= 11 is 7.10. The Morgan fingerprint density at radius 1 is 1.08 bits per heavy atom. The van der Waals surface area contributed by atoms with E-state index in [1.807, 2.05) is 0 Å². The number of amides is 1. The van der Waals surface area contributed by atoms with Crippen LogP contribution in [0.15, 0.2) is 74.3 Å². The Labute approximate surface area is 159 Å². The van der Waals surface area contributed by atoms with E-state index in [2.05, 4.69) is 15.5 Å². The van der Waals surface area contributed by atoms with Gasteiger partial charge in [-0.2, -0.15) is 5.10 Å². The number of hydrogen-bond acceptors (Lipinski definition) is 6. The normalized spacial score (nSPS) is 11.6. The monoisotopic (exact) mass is 405 g/mol. The first kappa shape index (κ1) is 18.2. The first-order chi connectivity index (χ1) is 12.5. The van der Waals surface area contributed by atoms with Crippen molar-refractivity contribution in [3.63, 3.8) is 0 Å². The molecule has 0 aliphatic heterocycles. The Morgan fingerprint density at radius 3 is 2.27 bits per heavy atom. The fraction of sp³-hybridized carbons (Fsp3) is 0. The standard InChI is InChI=1S/C17H12ClN3O3S2/c18-13-3-7-15(8-4-13)26(23,24)14-5-1-12(2-6-14)9-20-21-17(22)16-10-25-11-19-16/h1-11H,(H,21,22)/b20-9+. The van der Waals surface area contributed by atoms with Crippen molar-refractivity contribution in [2.75, 3.05) is 0 Å². The van der Waals surface area contributed by atoms with Crippen LogP contribution in [0.5, 0.6) is 0 Å². The van der Waals surface area contributed by atoms with Crippen molar-refractivity contribution in [1.29, 1.82) is 0 Å². The summed E-state index contributed by atoms with van der Waals surface area (Å²) in [5.41, 5.74) is 4.83. The van der Waals surface area contributed by atoms with Gasteiger partial charge in [0.25, 0.3) is 5.91 Å². The van der Waals surface area contributed by atoms with Crippen LogP contribution < -0.4 is 5.43 Å². The molecule has 0 saturated heterocycles. The molecule has 3 aromatic rings. The molecule has 9 heteroatoms. The minimum absolute atomic E-state index is 0.156. The molecule has 0 aliphatic carbocycles. The fourth-order valence-electron chi connectivity index (χ4n) is 2.03. The third-order valence-corrected chi connectivity index (χ3v) is 5.98. The van der Waals surface area contributed by atoms with E-state index in [4.69, 9.17) is 11.6 Å². The molecular weight excluding hydrogens is 394 g/mol. The van der Waals surface area contributed by atoms with Gasteiger partial charge in [-0.3, -0.25) is 4.79 Å². The van der Waals surface area contributed by atoms with Crippen molar-refractivity contribution in [2.24, 2.45) is 5.10 Å². The van der Waals surface area contributed by atoms with Crippen LogP contribution in [0.2, 0.25) is 5.02 Å². The van der Waals surface area contributed by atoms with Crippen LogP contribution in [0.3, 0.4) is 0 Å². The van der Waals surface area contributed by atoms with Crippen LogP contribution in [0.25, 0.3) is 0 Å². The van der Waals surface area contributed by atoms with Crippen molar-refractivity contribution in [2.45, 2.75) is 9.79 Å². The van der Waals surface area contributed by atoms with Gasteiger partial charge < -0.3 is 0 Å². The number of sulfone groups is 1. The fourth-order valence-corrected chi connectivity index (χ4v) is 3.95. The largest absolute Gasteiger partial charge is 0.290 e. The zero-order valence-corrected chi connectivity index (χ0v) is 15.6. The molecule has 0 atom stereocenters. The Kier molecular flexibility index (Phi) is 5.46. The molecule has 6 nitrogen and oxygen atoms in total. The maximum atomic E-state index is 12.6. The average Bonchev–Trinajstić information content (AvgIpc) is 3.17. The quantitative estimate of drug-likeness (QED) is 0.520. The highest BCUT2D eigenvalue weighted by Crippen LogP contribution is 2.22. The lowest BCUT2D eigenvalue weighted by Gasteiger charge is -2.05. The molecule has 1 N–H and O–H groups in total. The lowest BCUT2D eigenvalue weighted by atomic mass is 10.2. The maximum absolute atomic E-state index is 12.6. The molecule has 1 amide bonds. The number of carbonyl (C=O) groups excluding carboxylic acids is 1. The molecule has 0 bridgehead atoms. The van der Waals surface area contributed by atoms with Crippen LogP contribution >= 0.6 is 22.9 Å². The van der Waals surface area contributed by atoms with Gasteiger partial charge in [0, 0.05) is 10.4 Å². The number of nitrogens with one attached hydrogen (secondary N) is 1. The predicted molar refractivity (Wildman–Crippen MR) is 101 cm³/mol. The van der Waals surface area contributed by atoms with Crippen LogP contribution in [-0.4, -0.2) is 25.5 Å². The van der Waals surface area contributed by atoms with Crippen molar-refractivity contribution < 1.29 is 13.2 Å². The lowest BCUT2D eigenvalue weighted by molar-refractivity contribution is 0.0951. The van der Waals surface area contributed by atoms with Gasteiger partial charge in [-0.1, -0.05) is 23.7 Å². The number of benzene rings is 2. The summed E-state index contributed by atoms with van der Waals surface area (Å²) in [4.78, 5) is 15.9. The van der Waals surface area contributed by atoms with Gasteiger partial charge in [0.1, 0.15) is 5.69 Å². The minimum Gasteiger partial charge on any atom is -0.266 e. The number of rotatable bonds is 5. The van der Waals surface area contributed by atoms with Crippen molar-refractivity contribution in [1.82, 2.24) is 10.4 Å². The first-order valence-corrected chi connectivity index (χ1v) is 10.1. The maximum Gasteiger partial charge on any atom is 0.290 e. The van der Waals surface area contributed by atoms with Crippen LogP contribution in [0.4, 0.5) is 0 Å². The summed E-state index contributed by atoms with van der Waals surface area (Å²) < 4.78 is 25.1. The number of carbonyl (C=O) groups is 1. The highest BCUT2D eigenvalue weighted by Gasteiger charge is 2.17. The van der Waals surface area contributed by atoms with Gasteiger partial charge in [0.15, 0.2) is 0 Å². The molecule has 0 spiro atoms. The Morgan fingerprint density at radius 2 is 1.69 bits per heavy atom. The molecule has 26 heavy (non-hydrogen) atoms. The second kappa shape index (κ2) is 7.77. The molecule has 132 valence electrons. The Hall–Kier alpha value is -2.55. The Balaban J connectivity index is 1.71. The molecular formula is C17H12ClN3O3S2. The minimum atomic E-state index is -3.62. The molecule has 2 aromatic carbocycles. The number of aromatic nitrogens is 1. The van der Waals surface area contributed by atoms with Gasteiger partial charge in [-0.15, -0.1) is 11.3 Å². The summed E-state index contributed by atoms with van der Waals surface area (Å²) in [7, 11) is -3.62. The summed E-state index contributed by atoms with van der Waals surface area (Å²) in [6.07, 6.45) is 1.42. The topological polar surface area (TPSA) is 88.5 Å². The summed E-state index contributed by atoms with van der Waals surface area (Å²) in [6, 6.07) is 12.1. The van der Waals surface area contributed by atoms with Gasteiger partial charge >= 0.3 is 0 Å². The SMILES string of the molecule is O=C(N/N=C/c1ccc(S(=O)(=O)c2ccc(Cl)cc2)cc1)c1cscn1. The van der Waals surface area contributed by atoms with Gasteiger partial charge in [-0.05, 0) is 42.0 Å². The second-order valence-corrected chi connectivity index (χ2v) is 8.20. The molecule has 0 unspecified atom stereocenters. The highest BCUT2D eigenvalue weighted by molar-refractivity contribution is 7.91. The summed E-state index contributed by atoms with van der Waals surface area (Å²) in [5, 5.41) is 5.91. The van der Waals surface area contributed by atoms with Gasteiger partial charge in [0.05, 0.1) is 21.5 Å². The Bertz CT molecular complexity index is 1030. The number of hydrazone groups is 1. The number of halogens is 1. The van der Waals surface area contributed by atoms with Crippen LogP contribution in [0.1, 0.15) is 16.1 Å². The first-order valence-electron chi connectivity index (χ1n) is 7.29. The van der Waals surface area contributed by atoms with E-state index in [0.29, 0.717) is 10.6 Å². The molecule has 1 aromatic heterocycles. The molecule has 0 aliphatic rings. The average molecular weight is 406 g/mol. The zero-order valence-electron chi connectivity index (χ0n) is 13.2. The van der Waals surface area contributed by atoms with Gasteiger partial charge in [0.2, 0.25) is 9.84 Å². The van der Waals surface area contributed by atoms with Crippen molar-refractivity contribution >= 4 is 44.9 Å². The molecule has 3 rings (SSSR count). The van der Waals surface area contributed by atoms with E-state index in [9.17, 15) is 13.2 Å². The lowest BCUT2D eigenvalue weighted by Crippen LogP contribution is -2.17. The number of nitrogens with zero attached hydrogens (tertiary/aromatic N) is 2. The summed E-state index contributed by atoms with van der Waals surface area (Å²) in [5.74, 6) is -0.413. The molecule has 0 fully saturated rings. The van der Waals surface area contributed by atoms with Crippen molar-refractivity contribution in [3.05, 3.63) is 75.7 Å².